The van der Waals surface area contributed by atoms with Crippen molar-refractivity contribution in [1.82, 2.24) is 4.98 Å². The lowest BCUT2D eigenvalue weighted by Gasteiger charge is -2.36. The number of hydrogen-bond donors (Lipinski definition) is 1. The third-order valence-corrected chi connectivity index (χ3v) is 4.24. The van der Waals surface area contributed by atoms with Crippen LogP contribution in [0.25, 0.3) is 0 Å². The van der Waals surface area contributed by atoms with Gasteiger partial charge in [-0.05, 0) is 32.6 Å². The van der Waals surface area contributed by atoms with Crippen LogP contribution in [0.1, 0.15) is 45.3 Å². The number of rotatable bonds is 2. The highest BCUT2D eigenvalue weighted by Gasteiger charge is 2.25. The molecule has 0 spiro atoms. The fourth-order valence-corrected chi connectivity index (χ4v) is 3.21. The van der Waals surface area contributed by atoms with Gasteiger partial charge < -0.3 is 10.6 Å². The maximum atomic E-state index is 5.84. The summed E-state index contributed by atoms with van der Waals surface area (Å²) in [6.07, 6.45) is 2.61. The first kappa shape index (κ1) is 11.9. The Labute approximate surface area is 102 Å². The lowest BCUT2D eigenvalue weighted by molar-refractivity contribution is 0.390. The summed E-state index contributed by atoms with van der Waals surface area (Å²) in [7, 11) is 0. The molecule has 1 fully saturated rings. The second-order valence-corrected chi connectivity index (χ2v) is 5.86. The van der Waals surface area contributed by atoms with Crippen LogP contribution in [0, 0.1) is 5.92 Å². The molecule has 1 aromatic heterocycles. The molecule has 0 aliphatic carbocycles. The van der Waals surface area contributed by atoms with E-state index in [2.05, 4.69) is 29.1 Å². The second-order valence-electron chi connectivity index (χ2n) is 5.03. The van der Waals surface area contributed by atoms with Gasteiger partial charge in [-0.2, -0.15) is 0 Å². The molecule has 16 heavy (non-hydrogen) atoms. The molecule has 90 valence electrons. The van der Waals surface area contributed by atoms with E-state index >= 15 is 0 Å². The zero-order valence-corrected chi connectivity index (χ0v) is 11.1. The molecule has 0 amide bonds. The van der Waals surface area contributed by atoms with E-state index in [1.807, 2.05) is 6.92 Å². The SMILES string of the molecule is CC1CCC(C)N(c2nc(C(C)N)cs2)C1. The van der Waals surface area contributed by atoms with E-state index in [-0.39, 0.29) is 6.04 Å². The molecule has 2 heterocycles. The molecule has 1 aliphatic rings. The molecule has 3 unspecified atom stereocenters. The predicted molar refractivity (Wildman–Crippen MR) is 69.9 cm³/mol. The van der Waals surface area contributed by atoms with Crippen LogP contribution in [0.2, 0.25) is 0 Å². The van der Waals surface area contributed by atoms with Gasteiger partial charge in [0.15, 0.2) is 5.13 Å². The number of nitrogens with zero attached hydrogens (tertiary/aromatic N) is 2. The number of anilines is 1. The minimum Gasteiger partial charge on any atom is -0.345 e. The van der Waals surface area contributed by atoms with Gasteiger partial charge in [0.25, 0.3) is 0 Å². The summed E-state index contributed by atoms with van der Waals surface area (Å²) < 4.78 is 0. The maximum absolute atomic E-state index is 5.84. The molecule has 0 saturated carbocycles. The van der Waals surface area contributed by atoms with Crippen molar-refractivity contribution in [2.24, 2.45) is 11.7 Å². The average molecular weight is 239 g/mol. The predicted octanol–water partition coefficient (Wildman–Crippen LogP) is 2.79. The Morgan fingerprint density at radius 2 is 2.25 bits per heavy atom. The fourth-order valence-electron chi connectivity index (χ4n) is 2.17. The fraction of sp³-hybridized carbons (Fsp3) is 0.750. The van der Waals surface area contributed by atoms with Crippen molar-refractivity contribution >= 4 is 16.5 Å². The van der Waals surface area contributed by atoms with Crippen molar-refractivity contribution < 1.29 is 0 Å². The molecule has 0 bridgehead atoms. The molecule has 3 atom stereocenters. The molecule has 2 N–H and O–H groups in total. The van der Waals surface area contributed by atoms with Gasteiger partial charge in [0.2, 0.25) is 0 Å². The normalized spacial score (nSPS) is 28.1. The van der Waals surface area contributed by atoms with Crippen molar-refractivity contribution in [3.8, 4) is 0 Å². The zero-order valence-electron chi connectivity index (χ0n) is 10.3. The van der Waals surface area contributed by atoms with Crippen LogP contribution in [0.15, 0.2) is 5.38 Å². The monoisotopic (exact) mass is 239 g/mol. The minimum absolute atomic E-state index is 0.0440. The first-order valence-electron chi connectivity index (χ1n) is 6.05. The summed E-state index contributed by atoms with van der Waals surface area (Å²) in [5.74, 6) is 0.777. The van der Waals surface area contributed by atoms with Crippen molar-refractivity contribution in [3.05, 3.63) is 11.1 Å². The molecular weight excluding hydrogens is 218 g/mol. The lowest BCUT2D eigenvalue weighted by Crippen LogP contribution is -2.41. The molecule has 1 saturated heterocycles. The molecule has 0 radical (unpaired) electrons. The average Bonchev–Trinajstić information content (AvgIpc) is 2.70. The van der Waals surface area contributed by atoms with Crippen LogP contribution in [0.5, 0.6) is 0 Å². The molecule has 3 nitrogen and oxygen atoms in total. The van der Waals surface area contributed by atoms with Gasteiger partial charge in [0.05, 0.1) is 5.69 Å². The van der Waals surface area contributed by atoms with Crippen LogP contribution < -0.4 is 10.6 Å². The quantitative estimate of drug-likeness (QED) is 0.863. The standard InChI is InChI=1S/C12H21N3S/c1-8-4-5-9(2)15(6-8)12-14-11(7-16-12)10(3)13/h7-10H,4-6,13H2,1-3H3. The van der Waals surface area contributed by atoms with Gasteiger partial charge in [-0.15, -0.1) is 11.3 Å². The molecule has 2 rings (SSSR count). The van der Waals surface area contributed by atoms with Gasteiger partial charge in [-0.1, -0.05) is 6.92 Å². The van der Waals surface area contributed by atoms with Gasteiger partial charge in [0.1, 0.15) is 0 Å². The van der Waals surface area contributed by atoms with Crippen LogP contribution in [0.4, 0.5) is 5.13 Å². The summed E-state index contributed by atoms with van der Waals surface area (Å²) in [4.78, 5) is 7.07. The highest BCUT2D eigenvalue weighted by atomic mass is 32.1. The topological polar surface area (TPSA) is 42.2 Å². The minimum atomic E-state index is 0.0440. The number of hydrogen-bond acceptors (Lipinski definition) is 4. The third-order valence-electron chi connectivity index (χ3n) is 3.34. The van der Waals surface area contributed by atoms with Crippen molar-refractivity contribution in [2.45, 2.75) is 45.7 Å². The Morgan fingerprint density at radius 1 is 1.50 bits per heavy atom. The number of nitrogens with two attached hydrogens (primary N) is 1. The van der Waals surface area contributed by atoms with Crippen molar-refractivity contribution in [1.29, 1.82) is 0 Å². The van der Waals surface area contributed by atoms with E-state index in [9.17, 15) is 0 Å². The van der Waals surface area contributed by atoms with Gasteiger partial charge >= 0.3 is 0 Å². The highest BCUT2D eigenvalue weighted by Crippen LogP contribution is 2.30. The van der Waals surface area contributed by atoms with Crippen molar-refractivity contribution in [3.63, 3.8) is 0 Å². The largest absolute Gasteiger partial charge is 0.345 e. The Kier molecular flexibility index (Phi) is 3.50. The van der Waals surface area contributed by atoms with Crippen molar-refractivity contribution in [2.75, 3.05) is 11.4 Å². The second kappa shape index (κ2) is 4.72. The summed E-state index contributed by atoms with van der Waals surface area (Å²) in [5, 5.41) is 3.23. The number of piperidine rings is 1. The highest BCUT2D eigenvalue weighted by molar-refractivity contribution is 7.13. The summed E-state index contributed by atoms with van der Waals surface area (Å²) >= 11 is 1.72. The molecular formula is C12H21N3S. The first-order chi connectivity index (χ1) is 7.58. The summed E-state index contributed by atoms with van der Waals surface area (Å²) in [6, 6.07) is 0.658. The van der Waals surface area contributed by atoms with Crippen LogP contribution >= 0.6 is 11.3 Å². The summed E-state index contributed by atoms with van der Waals surface area (Å²) in [6.45, 7) is 7.73. The van der Waals surface area contributed by atoms with E-state index in [0.29, 0.717) is 6.04 Å². The van der Waals surface area contributed by atoms with Crippen LogP contribution in [-0.2, 0) is 0 Å². The van der Waals surface area contributed by atoms with Gasteiger partial charge in [-0.3, -0.25) is 0 Å². The third kappa shape index (κ3) is 2.38. The van der Waals surface area contributed by atoms with Crippen LogP contribution in [-0.4, -0.2) is 17.6 Å². The molecule has 0 aromatic carbocycles. The Hall–Kier alpha value is -0.610. The molecule has 4 heteroatoms. The van der Waals surface area contributed by atoms with Gasteiger partial charge in [0, 0.05) is 24.0 Å². The Balaban J connectivity index is 2.15. The molecule has 1 aliphatic heterocycles. The number of aromatic nitrogens is 1. The Bertz CT molecular complexity index is 348. The van der Waals surface area contributed by atoms with Crippen LogP contribution in [0.3, 0.4) is 0 Å². The lowest BCUT2D eigenvalue weighted by atomic mass is 9.96. The van der Waals surface area contributed by atoms with E-state index in [1.165, 1.54) is 12.8 Å². The maximum Gasteiger partial charge on any atom is 0.185 e. The van der Waals surface area contributed by atoms with Gasteiger partial charge in [-0.25, -0.2) is 4.98 Å². The summed E-state index contributed by atoms with van der Waals surface area (Å²) in [5.41, 5.74) is 6.86. The van der Waals surface area contributed by atoms with E-state index < -0.39 is 0 Å². The van der Waals surface area contributed by atoms with E-state index in [4.69, 9.17) is 5.73 Å². The smallest absolute Gasteiger partial charge is 0.185 e. The number of thiazole rings is 1. The zero-order chi connectivity index (χ0) is 11.7. The van der Waals surface area contributed by atoms with E-state index in [1.54, 1.807) is 11.3 Å². The Morgan fingerprint density at radius 3 is 2.88 bits per heavy atom. The molecule has 1 aromatic rings. The first-order valence-corrected chi connectivity index (χ1v) is 6.93. The van der Waals surface area contributed by atoms with E-state index in [0.717, 1.165) is 23.3 Å².